The maximum absolute atomic E-state index is 5.22. The maximum Gasteiger partial charge on any atom is 0.115 e. The van der Waals surface area contributed by atoms with E-state index < -0.39 is 0 Å². The molecule has 2 nitrogen and oxygen atoms in total. The van der Waals surface area contributed by atoms with Gasteiger partial charge in [0.15, 0.2) is 0 Å². The van der Waals surface area contributed by atoms with Gasteiger partial charge < -0.3 is 9.72 Å². The summed E-state index contributed by atoms with van der Waals surface area (Å²) in [5.74, 6) is 0. The monoisotopic (exact) mass is 123 g/mol. The van der Waals surface area contributed by atoms with Crippen molar-refractivity contribution in [1.82, 2.24) is 4.98 Å². The SMILES string of the molecule is CC1(c2cc[nH]c2)CO1. The number of nitrogens with one attached hydrogen (secondary N) is 1. The molecule has 0 amide bonds. The molecule has 2 heteroatoms. The molecule has 0 saturated carbocycles. The van der Waals surface area contributed by atoms with E-state index in [1.165, 1.54) is 5.56 Å². The predicted molar refractivity (Wildman–Crippen MR) is 34.1 cm³/mol. The molecule has 0 aromatic carbocycles. The molecule has 2 rings (SSSR count). The van der Waals surface area contributed by atoms with Crippen molar-refractivity contribution >= 4 is 0 Å². The third-order valence-corrected chi connectivity index (χ3v) is 1.79. The van der Waals surface area contributed by atoms with Crippen molar-refractivity contribution in [2.75, 3.05) is 6.61 Å². The molecule has 1 N–H and O–H groups in total. The number of hydrogen-bond acceptors (Lipinski definition) is 1. The zero-order chi connectivity index (χ0) is 6.32. The Morgan fingerprint density at radius 1 is 1.78 bits per heavy atom. The van der Waals surface area contributed by atoms with Crippen molar-refractivity contribution in [3.63, 3.8) is 0 Å². The highest BCUT2D eigenvalue weighted by atomic mass is 16.6. The van der Waals surface area contributed by atoms with Crippen molar-refractivity contribution in [1.29, 1.82) is 0 Å². The van der Waals surface area contributed by atoms with Crippen molar-refractivity contribution in [2.24, 2.45) is 0 Å². The van der Waals surface area contributed by atoms with Crippen molar-refractivity contribution < 1.29 is 4.74 Å². The van der Waals surface area contributed by atoms with Gasteiger partial charge >= 0.3 is 0 Å². The summed E-state index contributed by atoms with van der Waals surface area (Å²) in [5, 5.41) is 0. The Balaban J connectivity index is 2.34. The van der Waals surface area contributed by atoms with Gasteiger partial charge in [0, 0.05) is 18.0 Å². The molecule has 9 heavy (non-hydrogen) atoms. The van der Waals surface area contributed by atoms with Gasteiger partial charge in [-0.1, -0.05) is 0 Å². The molecule has 1 aromatic heterocycles. The number of rotatable bonds is 1. The Labute approximate surface area is 53.8 Å². The quantitative estimate of drug-likeness (QED) is 0.559. The van der Waals surface area contributed by atoms with E-state index in [0.717, 1.165) is 6.61 Å². The molecule has 1 aliphatic rings. The maximum atomic E-state index is 5.22. The highest BCUT2D eigenvalue weighted by Gasteiger charge is 2.41. The van der Waals surface area contributed by atoms with E-state index in [9.17, 15) is 0 Å². The van der Waals surface area contributed by atoms with Crippen molar-refractivity contribution in [3.05, 3.63) is 24.0 Å². The lowest BCUT2D eigenvalue weighted by atomic mass is 10.1. The van der Waals surface area contributed by atoms with Gasteiger partial charge in [-0.2, -0.15) is 0 Å². The second kappa shape index (κ2) is 1.39. The van der Waals surface area contributed by atoms with Crippen LogP contribution in [0.3, 0.4) is 0 Å². The Kier molecular flexibility index (Phi) is 0.781. The van der Waals surface area contributed by atoms with E-state index in [1.807, 2.05) is 18.5 Å². The Hall–Kier alpha value is -0.760. The number of aromatic nitrogens is 1. The molecular formula is C7H9NO. The number of ether oxygens (including phenoxy) is 1. The standard InChI is InChI=1S/C7H9NO/c1-7(5-9-7)6-2-3-8-4-6/h2-4,8H,5H2,1H3. The fourth-order valence-electron chi connectivity index (χ4n) is 0.928. The summed E-state index contributed by atoms with van der Waals surface area (Å²) in [6, 6.07) is 2.05. The second-order valence-corrected chi connectivity index (χ2v) is 2.62. The minimum Gasteiger partial charge on any atom is -0.367 e. The molecule has 1 aliphatic heterocycles. The van der Waals surface area contributed by atoms with Gasteiger partial charge in [0.2, 0.25) is 0 Å². The van der Waals surface area contributed by atoms with E-state index in [0.29, 0.717) is 0 Å². The molecule has 0 aliphatic carbocycles. The van der Waals surface area contributed by atoms with Gasteiger partial charge in [-0.25, -0.2) is 0 Å². The molecule has 2 heterocycles. The zero-order valence-electron chi connectivity index (χ0n) is 5.35. The van der Waals surface area contributed by atoms with Gasteiger partial charge in [0.1, 0.15) is 5.60 Å². The first-order valence-electron chi connectivity index (χ1n) is 3.08. The average Bonchev–Trinajstić information content (AvgIpc) is 2.46. The lowest BCUT2D eigenvalue weighted by Crippen LogP contribution is -1.98. The van der Waals surface area contributed by atoms with Gasteiger partial charge in [-0.3, -0.25) is 0 Å². The van der Waals surface area contributed by atoms with Gasteiger partial charge in [-0.05, 0) is 13.0 Å². The number of epoxide rings is 1. The number of aromatic amines is 1. The molecule has 1 aromatic rings. The molecule has 1 atom stereocenters. The number of H-pyrrole nitrogens is 1. The third-order valence-electron chi connectivity index (χ3n) is 1.79. The van der Waals surface area contributed by atoms with Gasteiger partial charge in [0.05, 0.1) is 6.61 Å². The Bertz CT molecular complexity index is 199. The van der Waals surface area contributed by atoms with Crippen LogP contribution in [0, 0.1) is 0 Å². The minimum atomic E-state index is 0.0417. The lowest BCUT2D eigenvalue weighted by molar-refractivity contribution is 0.330. The molecule has 0 spiro atoms. The molecular weight excluding hydrogens is 114 g/mol. The first kappa shape index (κ1) is 5.06. The summed E-state index contributed by atoms with van der Waals surface area (Å²) in [5.41, 5.74) is 1.29. The Morgan fingerprint density at radius 3 is 3.00 bits per heavy atom. The molecule has 1 unspecified atom stereocenters. The van der Waals surface area contributed by atoms with E-state index in [4.69, 9.17) is 4.74 Å². The summed E-state index contributed by atoms with van der Waals surface area (Å²) in [4.78, 5) is 3.00. The van der Waals surface area contributed by atoms with E-state index in [2.05, 4.69) is 11.9 Å². The first-order chi connectivity index (χ1) is 4.31. The predicted octanol–water partition coefficient (Wildman–Crippen LogP) is 1.26. The minimum absolute atomic E-state index is 0.0417. The zero-order valence-corrected chi connectivity index (χ0v) is 5.35. The molecule has 0 radical (unpaired) electrons. The fraction of sp³-hybridized carbons (Fsp3) is 0.429. The average molecular weight is 123 g/mol. The summed E-state index contributed by atoms with van der Waals surface area (Å²) in [6.45, 7) is 2.96. The van der Waals surface area contributed by atoms with Crippen molar-refractivity contribution in [2.45, 2.75) is 12.5 Å². The van der Waals surface area contributed by atoms with Crippen LogP contribution in [-0.4, -0.2) is 11.6 Å². The summed E-state index contributed by atoms with van der Waals surface area (Å²) in [6.07, 6.45) is 3.90. The fourth-order valence-corrected chi connectivity index (χ4v) is 0.928. The summed E-state index contributed by atoms with van der Waals surface area (Å²) < 4.78 is 5.22. The topological polar surface area (TPSA) is 28.3 Å². The van der Waals surface area contributed by atoms with Crippen LogP contribution in [0.4, 0.5) is 0 Å². The molecule has 48 valence electrons. The van der Waals surface area contributed by atoms with Gasteiger partial charge in [-0.15, -0.1) is 0 Å². The highest BCUT2D eigenvalue weighted by molar-refractivity contribution is 5.21. The lowest BCUT2D eigenvalue weighted by Gasteiger charge is -1.97. The molecule has 1 fully saturated rings. The van der Waals surface area contributed by atoms with Crippen LogP contribution < -0.4 is 0 Å². The summed E-state index contributed by atoms with van der Waals surface area (Å²) in [7, 11) is 0. The van der Waals surface area contributed by atoms with E-state index >= 15 is 0 Å². The smallest absolute Gasteiger partial charge is 0.115 e. The van der Waals surface area contributed by atoms with E-state index in [-0.39, 0.29) is 5.60 Å². The van der Waals surface area contributed by atoms with Crippen LogP contribution in [0.1, 0.15) is 12.5 Å². The van der Waals surface area contributed by atoms with Crippen molar-refractivity contribution in [3.8, 4) is 0 Å². The Morgan fingerprint density at radius 2 is 2.56 bits per heavy atom. The van der Waals surface area contributed by atoms with Crippen LogP contribution in [0.15, 0.2) is 18.5 Å². The van der Waals surface area contributed by atoms with E-state index in [1.54, 1.807) is 0 Å². The largest absolute Gasteiger partial charge is 0.367 e. The summed E-state index contributed by atoms with van der Waals surface area (Å²) >= 11 is 0. The molecule has 1 saturated heterocycles. The second-order valence-electron chi connectivity index (χ2n) is 2.62. The van der Waals surface area contributed by atoms with Crippen LogP contribution >= 0.6 is 0 Å². The first-order valence-corrected chi connectivity index (χ1v) is 3.08. The highest BCUT2D eigenvalue weighted by Crippen LogP contribution is 2.37. The molecule has 0 bridgehead atoms. The van der Waals surface area contributed by atoms with Crippen LogP contribution in [-0.2, 0) is 10.3 Å². The van der Waals surface area contributed by atoms with Gasteiger partial charge in [0.25, 0.3) is 0 Å². The number of hydrogen-bond donors (Lipinski definition) is 1. The van der Waals surface area contributed by atoms with Crippen LogP contribution in [0.2, 0.25) is 0 Å². The van der Waals surface area contributed by atoms with Crippen LogP contribution in [0.5, 0.6) is 0 Å². The van der Waals surface area contributed by atoms with Crippen LogP contribution in [0.25, 0.3) is 0 Å². The normalized spacial score (nSPS) is 32.6. The third kappa shape index (κ3) is 0.669.